The number of carboxylic acids is 1. The number of carbonyl (C=O) groups excluding carboxylic acids is 2. The van der Waals surface area contributed by atoms with Crippen molar-refractivity contribution in [3.8, 4) is 17.0 Å². The summed E-state index contributed by atoms with van der Waals surface area (Å²) in [5, 5.41) is 16.3. The van der Waals surface area contributed by atoms with Gasteiger partial charge in [0.25, 0.3) is 11.8 Å². The minimum absolute atomic E-state index is 0.0628. The Labute approximate surface area is 274 Å². The zero-order valence-electron chi connectivity index (χ0n) is 26.5. The average Bonchev–Trinajstić information content (AvgIpc) is 3.50. The highest BCUT2D eigenvalue weighted by Crippen LogP contribution is 2.33. The van der Waals surface area contributed by atoms with Crippen molar-refractivity contribution in [2.24, 2.45) is 0 Å². The fourth-order valence-electron chi connectivity index (χ4n) is 5.65. The molecule has 0 spiro atoms. The number of aromatic nitrogens is 2. The molecule has 0 saturated carbocycles. The van der Waals surface area contributed by atoms with Gasteiger partial charge in [0, 0.05) is 24.3 Å². The number of halogens is 4. The second kappa shape index (κ2) is 13.5. The number of aromatic carboxylic acids is 1. The first-order chi connectivity index (χ1) is 22.6. The molecule has 1 fully saturated rings. The van der Waals surface area contributed by atoms with E-state index in [2.05, 4.69) is 10.4 Å². The average molecular weight is 667 g/mol. The van der Waals surface area contributed by atoms with Crippen molar-refractivity contribution < 1.29 is 41.8 Å². The van der Waals surface area contributed by atoms with E-state index < -0.39 is 41.9 Å². The van der Waals surface area contributed by atoms with E-state index in [-0.39, 0.29) is 34.0 Å². The van der Waals surface area contributed by atoms with Crippen LogP contribution in [-0.2, 0) is 5.54 Å². The molecule has 48 heavy (non-hydrogen) atoms. The van der Waals surface area contributed by atoms with Gasteiger partial charge in [-0.1, -0.05) is 12.1 Å². The van der Waals surface area contributed by atoms with Crippen LogP contribution in [-0.4, -0.2) is 63.4 Å². The molecule has 1 saturated heterocycles. The van der Waals surface area contributed by atoms with Crippen molar-refractivity contribution in [2.45, 2.75) is 51.2 Å². The van der Waals surface area contributed by atoms with Crippen LogP contribution in [0.1, 0.15) is 76.2 Å². The Kier molecular flexibility index (Phi) is 9.60. The third-order valence-corrected chi connectivity index (χ3v) is 8.04. The molecule has 0 aliphatic carbocycles. The van der Waals surface area contributed by atoms with Gasteiger partial charge in [-0.15, -0.1) is 0 Å². The Morgan fingerprint density at radius 1 is 0.938 bits per heavy atom. The number of likely N-dealkylation sites (tertiary alicyclic amines) is 1. The molecule has 13 heteroatoms. The first-order valence-corrected chi connectivity index (χ1v) is 15.2. The summed E-state index contributed by atoms with van der Waals surface area (Å²) >= 11 is 0. The van der Waals surface area contributed by atoms with Crippen LogP contribution in [0.4, 0.5) is 23.2 Å². The van der Waals surface area contributed by atoms with Gasteiger partial charge in [-0.2, -0.15) is 18.3 Å². The minimum Gasteiger partial charge on any atom is -0.483 e. The number of carbonyl (C=O) groups is 3. The maximum absolute atomic E-state index is 13.7. The number of alkyl halides is 3. The van der Waals surface area contributed by atoms with Crippen molar-refractivity contribution in [1.29, 1.82) is 0 Å². The molecule has 0 bridgehead atoms. The number of nitrogens with one attached hydrogen (secondary N) is 1. The van der Waals surface area contributed by atoms with Crippen molar-refractivity contribution in [1.82, 2.24) is 14.7 Å². The topological polar surface area (TPSA) is 114 Å². The van der Waals surface area contributed by atoms with Gasteiger partial charge < -0.3 is 20.1 Å². The molecule has 5 rings (SSSR count). The van der Waals surface area contributed by atoms with Gasteiger partial charge in [-0.3, -0.25) is 14.3 Å². The summed E-state index contributed by atoms with van der Waals surface area (Å²) in [4.78, 5) is 40.1. The molecule has 1 aliphatic rings. The largest absolute Gasteiger partial charge is 0.483 e. The van der Waals surface area contributed by atoms with E-state index >= 15 is 0 Å². The van der Waals surface area contributed by atoms with E-state index in [0.717, 1.165) is 5.56 Å². The fourth-order valence-corrected chi connectivity index (χ4v) is 5.65. The molecule has 3 aromatic carbocycles. The van der Waals surface area contributed by atoms with Crippen LogP contribution >= 0.6 is 0 Å². The number of nitrogens with zero attached hydrogens (tertiary/aromatic N) is 3. The molecule has 252 valence electrons. The molecule has 1 aromatic heterocycles. The second-order valence-corrected chi connectivity index (χ2v) is 12.6. The Morgan fingerprint density at radius 2 is 1.58 bits per heavy atom. The Morgan fingerprint density at radius 3 is 2.17 bits per heavy atom. The van der Waals surface area contributed by atoms with E-state index in [1.54, 1.807) is 16.8 Å². The lowest BCUT2D eigenvalue weighted by molar-refractivity contribution is -0.153. The van der Waals surface area contributed by atoms with E-state index in [0.29, 0.717) is 37.2 Å². The lowest BCUT2D eigenvalue weighted by atomic mass is 9.88. The number of piperidine rings is 1. The molecule has 2 N–H and O–H groups in total. The summed E-state index contributed by atoms with van der Waals surface area (Å²) in [6, 6.07) is 16.0. The predicted octanol–water partition coefficient (Wildman–Crippen LogP) is 7.36. The van der Waals surface area contributed by atoms with Crippen LogP contribution in [0.5, 0.6) is 5.75 Å². The number of ether oxygens (including phenoxy) is 1. The zero-order valence-corrected chi connectivity index (χ0v) is 26.5. The van der Waals surface area contributed by atoms with Gasteiger partial charge in [0.1, 0.15) is 11.6 Å². The maximum atomic E-state index is 13.7. The normalized spacial score (nSPS) is 14.1. The van der Waals surface area contributed by atoms with E-state index in [1.807, 2.05) is 20.8 Å². The van der Waals surface area contributed by atoms with Gasteiger partial charge in [-0.05, 0) is 99.7 Å². The molecule has 0 radical (unpaired) electrons. The number of carboxylic acid groups (broad SMARTS) is 1. The highest BCUT2D eigenvalue weighted by atomic mass is 19.4. The SMILES string of the molecule is CC(C)(C)n1ncc(C(=O)Nc2ccc(OCC(F)(F)F)c(C(=O)N3CCC(c4ccc(C(=O)O)cc4)CC3)c2)c1-c1ccc(F)cc1. The van der Waals surface area contributed by atoms with Crippen molar-refractivity contribution in [3.63, 3.8) is 0 Å². The monoisotopic (exact) mass is 666 g/mol. The number of rotatable bonds is 8. The molecule has 4 aromatic rings. The summed E-state index contributed by atoms with van der Waals surface area (Å²) in [5.41, 5.74) is 1.69. The smallest absolute Gasteiger partial charge is 0.422 e. The molecule has 2 heterocycles. The Hall–Kier alpha value is -5.20. The van der Waals surface area contributed by atoms with Crippen LogP contribution < -0.4 is 10.1 Å². The summed E-state index contributed by atoms with van der Waals surface area (Å²) in [7, 11) is 0. The summed E-state index contributed by atoms with van der Waals surface area (Å²) in [6.45, 7) is 4.66. The number of amides is 2. The minimum atomic E-state index is -4.65. The standard InChI is InChI=1S/C35H34F4N4O5/c1-34(2,3)43-30(23-8-10-25(36)11-9-23)28(19-40-43)31(44)41-26-12-13-29(48-20-35(37,38)39)27(18-26)32(45)42-16-14-22(15-17-42)21-4-6-24(7-5-21)33(46)47/h4-13,18-19,22H,14-17,20H2,1-3H3,(H,41,44)(H,46,47). The van der Waals surface area contributed by atoms with E-state index in [4.69, 9.17) is 9.84 Å². The number of hydrogen-bond donors (Lipinski definition) is 2. The first-order valence-electron chi connectivity index (χ1n) is 15.2. The maximum Gasteiger partial charge on any atom is 0.422 e. The Balaban J connectivity index is 1.39. The second-order valence-electron chi connectivity index (χ2n) is 12.6. The molecule has 0 unspecified atom stereocenters. The lowest BCUT2D eigenvalue weighted by Gasteiger charge is -2.32. The van der Waals surface area contributed by atoms with Crippen LogP contribution in [0, 0.1) is 5.82 Å². The van der Waals surface area contributed by atoms with Crippen molar-refractivity contribution in [3.05, 3.63) is 101 Å². The fraction of sp³-hybridized carbons (Fsp3) is 0.314. The van der Waals surface area contributed by atoms with Gasteiger partial charge in [0.15, 0.2) is 6.61 Å². The predicted molar refractivity (Wildman–Crippen MR) is 170 cm³/mol. The van der Waals surface area contributed by atoms with Crippen LogP contribution in [0.3, 0.4) is 0 Å². The van der Waals surface area contributed by atoms with Crippen LogP contribution in [0.15, 0.2) is 72.9 Å². The third kappa shape index (κ3) is 7.84. The number of benzene rings is 3. The summed E-state index contributed by atoms with van der Waals surface area (Å²) in [6.07, 6.45) is -2.16. The van der Waals surface area contributed by atoms with E-state index in [9.17, 15) is 31.9 Å². The van der Waals surface area contributed by atoms with Gasteiger partial charge in [0.2, 0.25) is 0 Å². The molecular formula is C35H34F4N4O5. The van der Waals surface area contributed by atoms with Gasteiger partial charge in [0.05, 0.1) is 34.1 Å². The highest BCUT2D eigenvalue weighted by molar-refractivity contribution is 6.09. The number of anilines is 1. The first kappa shape index (κ1) is 34.1. The molecule has 2 amide bonds. The van der Waals surface area contributed by atoms with Crippen molar-refractivity contribution in [2.75, 3.05) is 25.0 Å². The van der Waals surface area contributed by atoms with E-state index in [1.165, 1.54) is 65.7 Å². The van der Waals surface area contributed by atoms with Gasteiger partial charge in [-0.25, -0.2) is 9.18 Å². The molecule has 9 nitrogen and oxygen atoms in total. The van der Waals surface area contributed by atoms with Crippen molar-refractivity contribution >= 4 is 23.5 Å². The quantitative estimate of drug-likeness (QED) is 0.190. The Bertz CT molecular complexity index is 1800. The van der Waals surface area contributed by atoms with Crippen LogP contribution in [0.2, 0.25) is 0 Å². The molecule has 1 aliphatic heterocycles. The summed E-state index contributed by atoms with van der Waals surface area (Å²) in [5.74, 6) is -2.85. The van der Waals surface area contributed by atoms with Gasteiger partial charge >= 0.3 is 12.1 Å². The molecular weight excluding hydrogens is 632 g/mol. The highest BCUT2D eigenvalue weighted by Gasteiger charge is 2.32. The third-order valence-electron chi connectivity index (χ3n) is 8.04. The lowest BCUT2D eigenvalue weighted by Crippen LogP contribution is -2.38. The zero-order chi connectivity index (χ0) is 34.8. The number of hydrogen-bond acceptors (Lipinski definition) is 5. The molecule has 0 atom stereocenters. The summed E-state index contributed by atoms with van der Waals surface area (Å²) < 4.78 is 59.6. The van der Waals surface area contributed by atoms with Crippen LogP contribution in [0.25, 0.3) is 11.3 Å².